The van der Waals surface area contributed by atoms with Crippen LogP contribution in [0.1, 0.15) is 32.0 Å². The second-order valence-electron chi connectivity index (χ2n) is 5.86. The van der Waals surface area contributed by atoms with Crippen molar-refractivity contribution >= 4 is 17.8 Å². The van der Waals surface area contributed by atoms with Crippen molar-refractivity contribution in [2.45, 2.75) is 6.61 Å². The molecular formula is C22H16O6. The maximum Gasteiger partial charge on any atom is 0.338 e. The number of esters is 1. The van der Waals surface area contributed by atoms with Gasteiger partial charge in [0.05, 0.1) is 5.56 Å². The molecular weight excluding hydrogens is 360 g/mol. The summed E-state index contributed by atoms with van der Waals surface area (Å²) in [4.78, 5) is 35.4. The summed E-state index contributed by atoms with van der Waals surface area (Å²) in [5.74, 6) is -1.09. The van der Waals surface area contributed by atoms with Crippen LogP contribution < -0.4 is 5.43 Å². The van der Waals surface area contributed by atoms with Crippen LogP contribution in [-0.4, -0.2) is 16.9 Å². The topological polar surface area (TPSA) is 93.8 Å². The van der Waals surface area contributed by atoms with Gasteiger partial charge in [0.15, 0.2) is 11.5 Å². The highest BCUT2D eigenvalue weighted by Gasteiger charge is 2.09. The minimum absolute atomic E-state index is 0.112. The van der Waals surface area contributed by atoms with Gasteiger partial charge in [0.1, 0.15) is 18.6 Å². The Morgan fingerprint density at radius 2 is 1.71 bits per heavy atom. The second kappa shape index (κ2) is 8.64. The number of ketones is 1. The van der Waals surface area contributed by atoms with E-state index in [4.69, 9.17) is 14.3 Å². The van der Waals surface area contributed by atoms with Gasteiger partial charge in [-0.05, 0) is 23.8 Å². The van der Waals surface area contributed by atoms with Gasteiger partial charge in [-0.3, -0.25) is 9.59 Å². The first-order chi connectivity index (χ1) is 13.5. The first-order valence-corrected chi connectivity index (χ1v) is 8.38. The maximum atomic E-state index is 12.1. The number of carbonyl (C=O) groups excluding carboxylic acids is 2. The third-order valence-corrected chi connectivity index (χ3v) is 3.84. The van der Waals surface area contributed by atoms with Crippen LogP contribution in [0.15, 0.2) is 82.2 Å². The van der Waals surface area contributed by atoms with E-state index in [1.807, 2.05) is 6.07 Å². The molecule has 6 heteroatoms. The molecule has 0 unspecified atom stereocenters. The molecule has 0 saturated carbocycles. The Kier molecular flexibility index (Phi) is 5.81. The number of allylic oxidation sites excluding steroid dienone is 1. The van der Waals surface area contributed by atoms with Crippen molar-refractivity contribution in [1.82, 2.24) is 0 Å². The summed E-state index contributed by atoms with van der Waals surface area (Å²) < 4.78 is 10.0. The Morgan fingerprint density at radius 1 is 1.00 bits per heavy atom. The molecule has 0 spiro atoms. The largest absolute Gasteiger partial charge is 0.502 e. The fraction of sp³-hybridized carbons (Fsp3) is 0.0455. The standard InChI is InChI=1S/C22H16O6/c23-19(16-4-2-1-3-5-16)11-8-15-6-9-17(10-7-15)22(26)28-13-18-12-20(24)21(25)14-27-18/h1-12,14,25H,13H2/b11-8+. The Hall–Kier alpha value is -3.93. The molecule has 0 amide bonds. The molecule has 1 N–H and O–H groups in total. The number of benzene rings is 2. The van der Waals surface area contributed by atoms with Crippen molar-refractivity contribution in [2.24, 2.45) is 0 Å². The van der Waals surface area contributed by atoms with E-state index in [-0.39, 0.29) is 18.2 Å². The minimum atomic E-state index is -0.613. The second-order valence-corrected chi connectivity index (χ2v) is 5.86. The van der Waals surface area contributed by atoms with Crippen LogP contribution in [0, 0.1) is 0 Å². The summed E-state index contributed by atoms with van der Waals surface area (Å²) in [7, 11) is 0. The number of ether oxygens (including phenoxy) is 1. The smallest absolute Gasteiger partial charge is 0.338 e. The molecule has 2 aromatic carbocycles. The third-order valence-electron chi connectivity index (χ3n) is 3.84. The average Bonchev–Trinajstić information content (AvgIpc) is 2.73. The van der Waals surface area contributed by atoms with Crippen molar-refractivity contribution in [1.29, 1.82) is 0 Å². The zero-order chi connectivity index (χ0) is 19.9. The summed E-state index contributed by atoms with van der Waals surface area (Å²) in [6.45, 7) is -0.235. The van der Waals surface area contributed by atoms with E-state index < -0.39 is 17.1 Å². The number of aromatic hydroxyl groups is 1. The summed E-state index contributed by atoms with van der Waals surface area (Å²) in [5.41, 5.74) is 1.05. The molecule has 0 radical (unpaired) electrons. The third kappa shape index (κ3) is 4.82. The van der Waals surface area contributed by atoms with Gasteiger partial charge in [-0.15, -0.1) is 0 Å². The zero-order valence-electron chi connectivity index (χ0n) is 14.7. The molecule has 0 aliphatic heterocycles. The zero-order valence-corrected chi connectivity index (χ0v) is 14.7. The molecule has 3 aromatic rings. The molecule has 0 atom stereocenters. The van der Waals surface area contributed by atoms with Gasteiger partial charge in [-0.1, -0.05) is 48.5 Å². The van der Waals surface area contributed by atoms with Crippen LogP contribution in [0.25, 0.3) is 6.08 Å². The van der Waals surface area contributed by atoms with E-state index in [9.17, 15) is 14.4 Å². The molecule has 3 rings (SSSR count). The molecule has 0 fully saturated rings. The normalized spacial score (nSPS) is 10.7. The van der Waals surface area contributed by atoms with Crippen LogP contribution in [0.4, 0.5) is 0 Å². The molecule has 28 heavy (non-hydrogen) atoms. The fourth-order valence-corrected chi connectivity index (χ4v) is 2.34. The number of hydrogen-bond donors (Lipinski definition) is 1. The van der Waals surface area contributed by atoms with Gasteiger partial charge in [-0.2, -0.15) is 0 Å². The predicted octanol–water partition coefficient (Wildman–Crippen LogP) is 3.60. The lowest BCUT2D eigenvalue weighted by atomic mass is 10.1. The lowest BCUT2D eigenvalue weighted by Gasteiger charge is -2.04. The molecule has 0 aliphatic rings. The minimum Gasteiger partial charge on any atom is -0.502 e. The van der Waals surface area contributed by atoms with Crippen molar-refractivity contribution < 1.29 is 23.8 Å². The first-order valence-electron chi connectivity index (χ1n) is 8.38. The van der Waals surface area contributed by atoms with Gasteiger partial charge < -0.3 is 14.3 Å². The fourth-order valence-electron chi connectivity index (χ4n) is 2.34. The van der Waals surface area contributed by atoms with E-state index >= 15 is 0 Å². The highest BCUT2D eigenvalue weighted by molar-refractivity contribution is 6.06. The Bertz CT molecular complexity index is 1060. The van der Waals surface area contributed by atoms with E-state index in [1.165, 1.54) is 6.08 Å². The lowest BCUT2D eigenvalue weighted by molar-refractivity contribution is 0.0442. The molecule has 0 bridgehead atoms. The molecule has 0 aliphatic carbocycles. The summed E-state index contributed by atoms with van der Waals surface area (Å²) in [6.07, 6.45) is 4.02. The number of rotatable bonds is 6. The molecule has 140 valence electrons. The van der Waals surface area contributed by atoms with E-state index in [1.54, 1.807) is 54.6 Å². The molecule has 0 saturated heterocycles. The van der Waals surface area contributed by atoms with Gasteiger partial charge in [-0.25, -0.2) is 4.79 Å². The van der Waals surface area contributed by atoms with Crippen LogP contribution >= 0.6 is 0 Å². The maximum absolute atomic E-state index is 12.1. The van der Waals surface area contributed by atoms with Crippen molar-refractivity contribution in [3.8, 4) is 5.75 Å². The van der Waals surface area contributed by atoms with E-state index in [2.05, 4.69) is 0 Å². The van der Waals surface area contributed by atoms with Crippen LogP contribution in [0.2, 0.25) is 0 Å². The number of hydrogen-bond acceptors (Lipinski definition) is 6. The number of carbonyl (C=O) groups is 2. The van der Waals surface area contributed by atoms with E-state index in [0.717, 1.165) is 17.9 Å². The average molecular weight is 376 g/mol. The highest BCUT2D eigenvalue weighted by atomic mass is 16.5. The van der Waals surface area contributed by atoms with Crippen LogP contribution in [0.5, 0.6) is 5.75 Å². The Morgan fingerprint density at radius 3 is 2.39 bits per heavy atom. The van der Waals surface area contributed by atoms with Gasteiger partial charge in [0.25, 0.3) is 0 Å². The highest BCUT2D eigenvalue weighted by Crippen LogP contribution is 2.11. The first kappa shape index (κ1) is 18.8. The summed E-state index contributed by atoms with van der Waals surface area (Å²) in [5, 5.41) is 9.13. The SMILES string of the molecule is O=C(/C=C/c1ccc(C(=O)OCc2cc(=O)c(O)co2)cc1)c1ccccc1. The van der Waals surface area contributed by atoms with Crippen molar-refractivity contribution in [3.05, 3.63) is 106 Å². The van der Waals surface area contributed by atoms with E-state index in [0.29, 0.717) is 11.1 Å². The van der Waals surface area contributed by atoms with Gasteiger partial charge in [0, 0.05) is 11.6 Å². The lowest BCUT2D eigenvalue weighted by Crippen LogP contribution is -2.07. The Balaban J connectivity index is 1.59. The summed E-state index contributed by atoms with van der Waals surface area (Å²) in [6, 6.07) is 16.5. The predicted molar refractivity (Wildman–Crippen MR) is 102 cm³/mol. The quantitative estimate of drug-likeness (QED) is 0.401. The van der Waals surface area contributed by atoms with Crippen molar-refractivity contribution in [2.75, 3.05) is 0 Å². The van der Waals surface area contributed by atoms with Gasteiger partial charge in [0.2, 0.25) is 5.43 Å². The molecule has 1 aromatic heterocycles. The van der Waals surface area contributed by atoms with Crippen LogP contribution in [-0.2, 0) is 11.3 Å². The Labute approximate surface area is 160 Å². The van der Waals surface area contributed by atoms with Crippen molar-refractivity contribution in [3.63, 3.8) is 0 Å². The molecule has 1 heterocycles. The summed E-state index contributed by atoms with van der Waals surface area (Å²) >= 11 is 0. The molecule has 6 nitrogen and oxygen atoms in total. The van der Waals surface area contributed by atoms with Gasteiger partial charge >= 0.3 is 5.97 Å². The monoisotopic (exact) mass is 376 g/mol. The van der Waals surface area contributed by atoms with Crippen LogP contribution in [0.3, 0.4) is 0 Å².